The molecule has 0 spiro atoms. The molecule has 0 heterocycles. The highest BCUT2D eigenvalue weighted by Crippen LogP contribution is 2.33. The minimum absolute atomic E-state index is 0.449. The quantitative estimate of drug-likeness (QED) is 0.154. The van der Waals surface area contributed by atoms with Crippen molar-refractivity contribution in [2.45, 2.75) is 46.0 Å². The third kappa shape index (κ3) is 12.7. The zero-order chi connectivity index (χ0) is 29.5. The lowest BCUT2D eigenvalue weighted by Gasteiger charge is -2.30. The number of methoxy groups -OCH3 is 7. The van der Waals surface area contributed by atoms with Gasteiger partial charge in [0, 0.05) is 45.5 Å². The van der Waals surface area contributed by atoms with Crippen molar-refractivity contribution in [1.29, 1.82) is 0 Å². The van der Waals surface area contributed by atoms with E-state index in [0.29, 0.717) is 23.9 Å². The Hall–Kier alpha value is -2.84. The molecule has 0 saturated carbocycles. The Labute approximate surface area is 236 Å². The molecule has 0 N–H and O–H groups in total. The maximum Gasteiger partial charge on any atom is 0.307 e. The fraction of sp³-hybridized carbons (Fsp3) is 0.500. The summed E-state index contributed by atoms with van der Waals surface area (Å²) in [5, 5.41) is 0. The maximum absolute atomic E-state index is 5.56. The van der Waals surface area contributed by atoms with Gasteiger partial charge in [-0.05, 0) is 31.4 Å². The normalized spacial score (nSPS) is 19.2. The Morgan fingerprint density at radius 2 is 1.56 bits per heavy atom. The van der Waals surface area contributed by atoms with Gasteiger partial charge in [-0.15, -0.1) is 0 Å². The number of ether oxygens (including phenoxy) is 7. The van der Waals surface area contributed by atoms with Gasteiger partial charge in [-0.25, -0.2) is 0 Å². The molecule has 2 aliphatic carbocycles. The standard InChI is InChI=1S/C19H28O6.C10H14O.C3H8/c1-14(21-3)18(22-4)17-11-10-16(19(23-5,24-6)25-7)9-8-15(17)12-13-20-2;1-11-9-10-7-5-3-2-4-6-8-10;1-3-2/h8,10-13H,9H2,1-7H3;2-3,5-8,10H,4,9H2,1H3;3H2,1-2H3/b13-12+,18-14-;3-2-,7-5-,8-6?;. The van der Waals surface area contributed by atoms with Crippen molar-refractivity contribution in [1.82, 2.24) is 0 Å². The molecule has 0 aliphatic heterocycles. The molecule has 220 valence electrons. The Kier molecular flexibility index (Phi) is 20.4. The average Bonchev–Trinajstić information content (AvgIpc) is 3.14. The molecular weight excluding hydrogens is 496 g/mol. The Balaban J connectivity index is 0.000000849. The Morgan fingerprint density at radius 3 is 2.10 bits per heavy atom. The van der Waals surface area contributed by atoms with Crippen LogP contribution in [-0.4, -0.2) is 62.3 Å². The van der Waals surface area contributed by atoms with Crippen LogP contribution in [0.15, 0.2) is 95.3 Å². The van der Waals surface area contributed by atoms with Crippen LogP contribution in [0.2, 0.25) is 0 Å². The molecule has 1 atom stereocenters. The van der Waals surface area contributed by atoms with E-state index in [1.807, 2.05) is 31.2 Å². The molecule has 0 aromatic heterocycles. The first-order chi connectivity index (χ1) is 18.9. The summed E-state index contributed by atoms with van der Waals surface area (Å²) >= 11 is 0. The van der Waals surface area contributed by atoms with Crippen molar-refractivity contribution in [3.8, 4) is 0 Å². The molecule has 7 nitrogen and oxygen atoms in total. The molecule has 0 aromatic carbocycles. The molecule has 0 radical (unpaired) electrons. The molecule has 0 fully saturated rings. The molecule has 1 unspecified atom stereocenters. The van der Waals surface area contributed by atoms with Crippen LogP contribution in [0, 0.1) is 5.92 Å². The molecule has 0 bridgehead atoms. The van der Waals surface area contributed by atoms with E-state index < -0.39 is 5.97 Å². The predicted molar refractivity (Wildman–Crippen MR) is 159 cm³/mol. The van der Waals surface area contributed by atoms with Crippen molar-refractivity contribution in [2.24, 2.45) is 5.92 Å². The van der Waals surface area contributed by atoms with Gasteiger partial charge in [0.05, 0.1) is 34.2 Å². The monoisotopic (exact) mass is 546 g/mol. The van der Waals surface area contributed by atoms with Crippen molar-refractivity contribution < 1.29 is 33.2 Å². The first-order valence-electron chi connectivity index (χ1n) is 13.1. The molecule has 7 heteroatoms. The van der Waals surface area contributed by atoms with Gasteiger partial charge in [0.2, 0.25) is 0 Å². The Bertz CT molecular complexity index is 905. The minimum Gasteiger partial charge on any atom is -0.504 e. The van der Waals surface area contributed by atoms with Crippen LogP contribution in [0.25, 0.3) is 0 Å². The van der Waals surface area contributed by atoms with E-state index in [-0.39, 0.29) is 0 Å². The van der Waals surface area contributed by atoms with Crippen LogP contribution in [0.1, 0.15) is 40.0 Å². The first kappa shape index (κ1) is 36.2. The molecule has 2 rings (SSSR count). The lowest BCUT2D eigenvalue weighted by atomic mass is 10.0. The van der Waals surface area contributed by atoms with E-state index >= 15 is 0 Å². The van der Waals surface area contributed by atoms with Gasteiger partial charge in [-0.1, -0.05) is 75.0 Å². The van der Waals surface area contributed by atoms with Crippen LogP contribution >= 0.6 is 0 Å². The zero-order valence-electron chi connectivity index (χ0n) is 25.6. The molecular formula is C32H50O7. The highest BCUT2D eigenvalue weighted by atomic mass is 16.9. The SMILES string of the molecule is CCC.CO/C=C/C1=CCC(C(OC)(OC)OC)=CC=C1/C(OC)=C(\C)OC.COCC1C=CC/C=C\C=C/1. The van der Waals surface area contributed by atoms with Gasteiger partial charge >= 0.3 is 5.97 Å². The van der Waals surface area contributed by atoms with E-state index in [1.54, 1.807) is 34.7 Å². The van der Waals surface area contributed by atoms with Crippen molar-refractivity contribution in [3.63, 3.8) is 0 Å². The summed E-state index contributed by atoms with van der Waals surface area (Å²) in [5.41, 5.74) is 2.57. The Morgan fingerprint density at radius 1 is 0.897 bits per heavy atom. The molecule has 0 saturated heterocycles. The van der Waals surface area contributed by atoms with E-state index in [4.69, 9.17) is 33.2 Å². The lowest BCUT2D eigenvalue weighted by molar-refractivity contribution is -0.327. The van der Waals surface area contributed by atoms with Crippen molar-refractivity contribution in [3.05, 3.63) is 95.3 Å². The van der Waals surface area contributed by atoms with E-state index in [0.717, 1.165) is 29.7 Å². The summed E-state index contributed by atoms with van der Waals surface area (Å²) < 4.78 is 37.4. The highest BCUT2D eigenvalue weighted by molar-refractivity contribution is 5.54. The summed E-state index contributed by atoms with van der Waals surface area (Å²) in [6, 6.07) is 0. The average molecular weight is 547 g/mol. The van der Waals surface area contributed by atoms with Gasteiger partial charge < -0.3 is 33.2 Å². The number of hydrogen-bond donors (Lipinski definition) is 0. The van der Waals surface area contributed by atoms with Crippen molar-refractivity contribution >= 4 is 0 Å². The molecule has 0 amide bonds. The first-order valence-corrected chi connectivity index (χ1v) is 13.1. The van der Waals surface area contributed by atoms with Crippen LogP contribution in [-0.2, 0) is 33.2 Å². The van der Waals surface area contributed by atoms with E-state index in [1.165, 1.54) is 27.8 Å². The molecule has 39 heavy (non-hydrogen) atoms. The number of hydrogen-bond acceptors (Lipinski definition) is 7. The number of rotatable bonds is 11. The van der Waals surface area contributed by atoms with Gasteiger partial charge in [0.1, 0.15) is 5.76 Å². The smallest absolute Gasteiger partial charge is 0.307 e. The van der Waals surface area contributed by atoms with Gasteiger partial charge in [0.15, 0.2) is 5.76 Å². The molecule has 2 aliphatic rings. The summed E-state index contributed by atoms with van der Waals surface area (Å²) in [5.74, 6) is 0.500. The summed E-state index contributed by atoms with van der Waals surface area (Å²) in [6.07, 6.45) is 24.9. The zero-order valence-corrected chi connectivity index (χ0v) is 25.6. The van der Waals surface area contributed by atoms with Crippen LogP contribution in [0.4, 0.5) is 0 Å². The second kappa shape index (κ2) is 22.0. The number of allylic oxidation sites excluding steroid dienone is 10. The van der Waals surface area contributed by atoms with E-state index in [9.17, 15) is 0 Å². The summed E-state index contributed by atoms with van der Waals surface area (Å²) in [4.78, 5) is 0. The summed E-state index contributed by atoms with van der Waals surface area (Å²) in [6.45, 7) is 6.87. The van der Waals surface area contributed by atoms with Crippen LogP contribution in [0.3, 0.4) is 0 Å². The fourth-order valence-electron chi connectivity index (χ4n) is 3.65. The second-order valence-electron chi connectivity index (χ2n) is 8.44. The predicted octanol–water partition coefficient (Wildman–Crippen LogP) is 7.18. The van der Waals surface area contributed by atoms with Gasteiger partial charge in [-0.3, -0.25) is 0 Å². The topological polar surface area (TPSA) is 64.6 Å². The van der Waals surface area contributed by atoms with E-state index in [2.05, 4.69) is 50.3 Å². The highest BCUT2D eigenvalue weighted by Gasteiger charge is 2.34. The van der Waals surface area contributed by atoms with Gasteiger partial charge in [-0.2, -0.15) is 0 Å². The third-order valence-electron chi connectivity index (χ3n) is 5.58. The van der Waals surface area contributed by atoms with Crippen LogP contribution in [0.5, 0.6) is 0 Å². The van der Waals surface area contributed by atoms with Crippen LogP contribution < -0.4 is 0 Å². The third-order valence-corrected chi connectivity index (χ3v) is 5.58. The van der Waals surface area contributed by atoms with Crippen molar-refractivity contribution in [2.75, 3.05) is 56.4 Å². The molecule has 0 aromatic rings. The fourth-order valence-corrected chi connectivity index (χ4v) is 3.65. The van der Waals surface area contributed by atoms with Gasteiger partial charge in [0.25, 0.3) is 0 Å². The summed E-state index contributed by atoms with van der Waals surface area (Å²) in [7, 11) is 11.1. The largest absolute Gasteiger partial charge is 0.504 e. The minimum atomic E-state index is -1.24. The lowest BCUT2D eigenvalue weighted by Crippen LogP contribution is -2.38. The second-order valence-corrected chi connectivity index (χ2v) is 8.44. The maximum atomic E-state index is 5.56.